The van der Waals surface area contributed by atoms with Crippen molar-refractivity contribution in [2.24, 2.45) is 0 Å². The molecule has 0 aromatic carbocycles. The number of rotatable bonds is 26. The molecule has 11 heteroatoms. The fourth-order valence-electron chi connectivity index (χ4n) is 2.60. The molecule has 0 unspecified atom stereocenters. The lowest BCUT2D eigenvalue weighted by atomic mass is 10.2. The minimum atomic E-state index is -0.106. The molecule has 0 fully saturated rings. The smallest absolute Gasteiger partial charge is 0.222 e. The number of terminal acetylenes is 1. The SMILES string of the molecule is C#CCCCC(=O)NCCOCCOCCOCCC(=O)NCCOCCOCCC(=O)NCCC. The summed E-state index contributed by atoms with van der Waals surface area (Å²) in [5.74, 6) is 2.37. The summed E-state index contributed by atoms with van der Waals surface area (Å²) in [5, 5.41) is 8.30. The van der Waals surface area contributed by atoms with Gasteiger partial charge in [-0.05, 0) is 12.8 Å². The molecule has 208 valence electrons. The molecule has 0 aliphatic carbocycles. The third-order valence-corrected chi connectivity index (χ3v) is 4.50. The Morgan fingerprint density at radius 3 is 1.42 bits per heavy atom. The highest BCUT2D eigenvalue weighted by atomic mass is 16.5. The Labute approximate surface area is 215 Å². The van der Waals surface area contributed by atoms with Crippen molar-refractivity contribution in [2.45, 2.75) is 45.4 Å². The van der Waals surface area contributed by atoms with Gasteiger partial charge in [0.15, 0.2) is 0 Å². The predicted molar refractivity (Wildman–Crippen MR) is 135 cm³/mol. The summed E-state index contributed by atoms with van der Waals surface area (Å²) in [7, 11) is 0. The summed E-state index contributed by atoms with van der Waals surface area (Å²) < 4.78 is 26.8. The van der Waals surface area contributed by atoms with Gasteiger partial charge < -0.3 is 39.6 Å². The maximum atomic E-state index is 11.7. The quantitative estimate of drug-likeness (QED) is 0.111. The maximum Gasteiger partial charge on any atom is 0.222 e. The van der Waals surface area contributed by atoms with E-state index in [1.54, 1.807) is 0 Å². The first-order valence-corrected chi connectivity index (χ1v) is 12.7. The Kier molecular flexibility index (Phi) is 25.7. The molecule has 0 saturated carbocycles. The van der Waals surface area contributed by atoms with E-state index in [-0.39, 0.29) is 24.1 Å². The molecule has 0 aliphatic rings. The van der Waals surface area contributed by atoms with Gasteiger partial charge in [-0.25, -0.2) is 0 Å². The van der Waals surface area contributed by atoms with Crippen molar-refractivity contribution in [3.8, 4) is 12.3 Å². The first-order valence-electron chi connectivity index (χ1n) is 12.7. The van der Waals surface area contributed by atoms with Crippen molar-refractivity contribution in [3.63, 3.8) is 0 Å². The molecular weight excluding hydrogens is 470 g/mol. The summed E-state index contributed by atoms with van der Waals surface area (Å²) in [5.41, 5.74) is 0. The largest absolute Gasteiger partial charge is 0.379 e. The fraction of sp³-hybridized carbons (Fsp3) is 0.800. The molecule has 0 spiro atoms. The van der Waals surface area contributed by atoms with Crippen molar-refractivity contribution in [1.29, 1.82) is 0 Å². The standard InChI is InChI=1S/C25H45N3O8/c1-3-5-6-7-23(29)27-11-15-35-20-22-36-21-18-33-14-9-25(31)28-12-16-34-19-17-32-13-8-24(30)26-10-4-2/h1H,4-22H2,2H3,(H,26,30)(H,27,29)(H,28,31). The number of hydrogen-bond acceptors (Lipinski definition) is 8. The van der Waals surface area contributed by atoms with E-state index in [1.807, 2.05) is 6.92 Å². The van der Waals surface area contributed by atoms with Gasteiger partial charge in [0.25, 0.3) is 0 Å². The molecule has 0 aromatic heterocycles. The van der Waals surface area contributed by atoms with Crippen LogP contribution in [-0.4, -0.2) is 103 Å². The summed E-state index contributed by atoms with van der Waals surface area (Å²) >= 11 is 0. The molecule has 0 aromatic rings. The van der Waals surface area contributed by atoms with E-state index in [2.05, 4.69) is 21.9 Å². The van der Waals surface area contributed by atoms with Gasteiger partial charge in [0, 0.05) is 45.3 Å². The monoisotopic (exact) mass is 515 g/mol. The van der Waals surface area contributed by atoms with Gasteiger partial charge in [-0.2, -0.15) is 0 Å². The molecular formula is C25H45N3O8. The average Bonchev–Trinajstić information content (AvgIpc) is 2.87. The molecule has 0 saturated heterocycles. The highest BCUT2D eigenvalue weighted by Crippen LogP contribution is 1.93. The van der Waals surface area contributed by atoms with Crippen LogP contribution in [0.3, 0.4) is 0 Å². The zero-order valence-electron chi connectivity index (χ0n) is 21.8. The number of nitrogens with one attached hydrogen (secondary N) is 3. The van der Waals surface area contributed by atoms with Crippen LogP contribution >= 0.6 is 0 Å². The van der Waals surface area contributed by atoms with Crippen LogP contribution in [0.15, 0.2) is 0 Å². The van der Waals surface area contributed by atoms with Crippen LogP contribution < -0.4 is 16.0 Å². The molecule has 0 rings (SSSR count). The van der Waals surface area contributed by atoms with Crippen molar-refractivity contribution in [3.05, 3.63) is 0 Å². The summed E-state index contributed by atoms with van der Waals surface area (Å²) in [6.07, 6.45) is 8.39. The van der Waals surface area contributed by atoms with Crippen LogP contribution in [0, 0.1) is 12.3 Å². The van der Waals surface area contributed by atoms with Crippen molar-refractivity contribution >= 4 is 17.7 Å². The van der Waals surface area contributed by atoms with E-state index < -0.39 is 0 Å². The lowest BCUT2D eigenvalue weighted by molar-refractivity contribution is -0.123. The molecule has 0 radical (unpaired) electrons. The Bertz CT molecular complexity index is 598. The van der Waals surface area contributed by atoms with Gasteiger partial charge in [0.1, 0.15) is 0 Å². The molecule has 3 amide bonds. The van der Waals surface area contributed by atoms with Crippen LogP contribution in [0.1, 0.15) is 45.4 Å². The van der Waals surface area contributed by atoms with E-state index in [1.165, 1.54) is 0 Å². The second-order valence-corrected chi connectivity index (χ2v) is 7.67. The first kappa shape index (κ1) is 33.8. The average molecular weight is 516 g/mol. The minimum absolute atomic E-state index is 0.00887. The Morgan fingerprint density at radius 1 is 0.583 bits per heavy atom. The van der Waals surface area contributed by atoms with Gasteiger partial charge in [-0.3, -0.25) is 14.4 Å². The lowest BCUT2D eigenvalue weighted by Crippen LogP contribution is -2.28. The molecule has 11 nitrogen and oxygen atoms in total. The van der Waals surface area contributed by atoms with E-state index in [0.29, 0.717) is 111 Å². The molecule has 0 aliphatic heterocycles. The number of hydrogen-bond donors (Lipinski definition) is 3. The zero-order valence-corrected chi connectivity index (χ0v) is 21.8. The van der Waals surface area contributed by atoms with Crippen molar-refractivity contribution in [2.75, 3.05) is 85.7 Å². The third-order valence-electron chi connectivity index (χ3n) is 4.50. The summed E-state index contributed by atoms with van der Waals surface area (Å²) in [6.45, 7) is 7.53. The predicted octanol–water partition coefficient (Wildman–Crippen LogP) is 0.412. The number of ether oxygens (including phenoxy) is 5. The number of unbranched alkanes of at least 4 members (excludes halogenated alkanes) is 1. The minimum Gasteiger partial charge on any atom is -0.379 e. The molecule has 0 bridgehead atoms. The third kappa shape index (κ3) is 26.4. The van der Waals surface area contributed by atoms with E-state index in [0.717, 1.165) is 6.42 Å². The number of carbonyl (C=O) groups excluding carboxylic acids is 3. The van der Waals surface area contributed by atoms with Gasteiger partial charge in [0.2, 0.25) is 17.7 Å². The number of carbonyl (C=O) groups is 3. The van der Waals surface area contributed by atoms with E-state index >= 15 is 0 Å². The van der Waals surface area contributed by atoms with Crippen LogP contribution in [0.25, 0.3) is 0 Å². The van der Waals surface area contributed by atoms with E-state index in [9.17, 15) is 14.4 Å². The van der Waals surface area contributed by atoms with Crippen molar-refractivity contribution < 1.29 is 38.1 Å². The molecule has 3 N–H and O–H groups in total. The molecule has 0 atom stereocenters. The second kappa shape index (κ2) is 27.4. The highest BCUT2D eigenvalue weighted by molar-refractivity contribution is 5.76. The molecule has 36 heavy (non-hydrogen) atoms. The summed E-state index contributed by atoms with van der Waals surface area (Å²) in [6, 6.07) is 0. The summed E-state index contributed by atoms with van der Waals surface area (Å²) in [4.78, 5) is 34.6. The van der Waals surface area contributed by atoms with Gasteiger partial charge in [-0.15, -0.1) is 12.3 Å². The maximum absolute atomic E-state index is 11.7. The Hall–Kier alpha value is -2.23. The van der Waals surface area contributed by atoms with Gasteiger partial charge in [0.05, 0.1) is 66.1 Å². The van der Waals surface area contributed by atoms with Crippen molar-refractivity contribution in [1.82, 2.24) is 16.0 Å². The van der Waals surface area contributed by atoms with Gasteiger partial charge in [-0.1, -0.05) is 6.92 Å². The zero-order chi connectivity index (χ0) is 26.5. The second-order valence-electron chi connectivity index (χ2n) is 7.67. The van der Waals surface area contributed by atoms with Crippen LogP contribution in [0.5, 0.6) is 0 Å². The normalized spacial score (nSPS) is 10.6. The van der Waals surface area contributed by atoms with Crippen LogP contribution in [0.4, 0.5) is 0 Å². The highest BCUT2D eigenvalue weighted by Gasteiger charge is 2.02. The van der Waals surface area contributed by atoms with Crippen LogP contribution in [0.2, 0.25) is 0 Å². The Balaban J connectivity index is 3.26. The lowest BCUT2D eigenvalue weighted by Gasteiger charge is -2.09. The topological polar surface area (TPSA) is 133 Å². The Morgan fingerprint density at radius 2 is 0.972 bits per heavy atom. The molecule has 0 heterocycles. The first-order chi connectivity index (χ1) is 17.6. The van der Waals surface area contributed by atoms with E-state index in [4.69, 9.17) is 30.1 Å². The van der Waals surface area contributed by atoms with Gasteiger partial charge >= 0.3 is 0 Å². The van der Waals surface area contributed by atoms with Crippen LogP contribution in [-0.2, 0) is 38.1 Å². The fourth-order valence-corrected chi connectivity index (χ4v) is 2.60. The number of amides is 3.